The van der Waals surface area contributed by atoms with E-state index in [4.69, 9.17) is 0 Å². The number of carbonyl (C=O) groups excluding carboxylic acids is 1. The van der Waals surface area contributed by atoms with Gasteiger partial charge in [0.15, 0.2) is 0 Å². The molecule has 1 saturated heterocycles. The minimum atomic E-state index is -0.0553. The predicted octanol–water partition coefficient (Wildman–Crippen LogP) is 2.41. The lowest BCUT2D eigenvalue weighted by molar-refractivity contribution is 0.0922. The van der Waals surface area contributed by atoms with Crippen molar-refractivity contribution in [2.24, 2.45) is 5.92 Å². The van der Waals surface area contributed by atoms with Crippen molar-refractivity contribution >= 4 is 18.3 Å². The maximum atomic E-state index is 12.4. The highest BCUT2D eigenvalue weighted by molar-refractivity contribution is 5.94. The van der Waals surface area contributed by atoms with Crippen LogP contribution in [-0.2, 0) is 0 Å². The summed E-state index contributed by atoms with van der Waals surface area (Å²) in [6, 6.07) is 9.96. The number of nitrogens with zero attached hydrogens (tertiary/aromatic N) is 2. The Kier molecular flexibility index (Phi) is 6.19. The van der Waals surface area contributed by atoms with Gasteiger partial charge in [-0.15, -0.1) is 12.4 Å². The standard InChI is InChI=1S/C17H22N4O.ClH/c1-13(14-6-5-9-18-10-14)20-17(22)15-11-19-21(12-15)16-7-3-2-4-8-16;/h2-4,7-8,11-14,18H,5-6,9-10H2,1H3,(H,20,22);1H. The monoisotopic (exact) mass is 334 g/mol. The zero-order chi connectivity index (χ0) is 15.4. The average molecular weight is 335 g/mol. The maximum Gasteiger partial charge on any atom is 0.254 e. The average Bonchev–Trinajstić information content (AvgIpc) is 3.06. The molecular formula is C17H23ClN4O. The van der Waals surface area contributed by atoms with E-state index in [-0.39, 0.29) is 24.4 Å². The molecule has 2 heterocycles. The normalized spacial score (nSPS) is 18.7. The molecule has 0 aliphatic carbocycles. The molecule has 5 nitrogen and oxygen atoms in total. The summed E-state index contributed by atoms with van der Waals surface area (Å²) in [4.78, 5) is 12.4. The van der Waals surface area contributed by atoms with Crippen LogP contribution in [0, 0.1) is 5.92 Å². The minimum Gasteiger partial charge on any atom is -0.349 e. The second kappa shape index (κ2) is 8.13. The van der Waals surface area contributed by atoms with Crippen molar-refractivity contribution in [3.8, 4) is 5.69 Å². The fourth-order valence-corrected chi connectivity index (χ4v) is 2.88. The molecular weight excluding hydrogens is 312 g/mol. The minimum absolute atomic E-state index is 0. The van der Waals surface area contributed by atoms with Crippen LogP contribution < -0.4 is 10.6 Å². The van der Waals surface area contributed by atoms with Crippen LogP contribution in [0.15, 0.2) is 42.7 Å². The number of hydrogen-bond acceptors (Lipinski definition) is 3. The van der Waals surface area contributed by atoms with Crippen LogP contribution in [0.4, 0.5) is 0 Å². The Labute approximate surface area is 142 Å². The third-order valence-corrected chi connectivity index (χ3v) is 4.27. The lowest BCUT2D eigenvalue weighted by Crippen LogP contribution is -2.44. The first-order valence-electron chi connectivity index (χ1n) is 7.86. The van der Waals surface area contributed by atoms with Gasteiger partial charge in [-0.1, -0.05) is 18.2 Å². The molecule has 2 N–H and O–H groups in total. The molecule has 124 valence electrons. The summed E-state index contributed by atoms with van der Waals surface area (Å²) < 4.78 is 1.72. The number of hydrogen-bond donors (Lipinski definition) is 2. The van der Waals surface area contributed by atoms with Gasteiger partial charge in [-0.2, -0.15) is 5.10 Å². The van der Waals surface area contributed by atoms with E-state index in [1.807, 2.05) is 30.3 Å². The van der Waals surface area contributed by atoms with Gasteiger partial charge in [0.05, 0.1) is 17.4 Å². The van der Waals surface area contributed by atoms with Gasteiger partial charge in [0.2, 0.25) is 0 Å². The van der Waals surface area contributed by atoms with Crippen LogP contribution in [0.2, 0.25) is 0 Å². The van der Waals surface area contributed by atoms with Gasteiger partial charge in [0.25, 0.3) is 5.91 Å². The summed E-state index contributed by atoms with van der Waals surface area (Å²) in [6.07, 6.45) is 5.74. The first kappa shape index (κ1) is 17.5. The number of piperidine rings is 1. The number of aromatic nitrogens is 2. The second-order valence-electron chi connectivity index (χ2n) is 5.88. The van der Waals surface area contributed by atoms with Crippen LogP contribution in [-0.4, -0.2) is 34.8 Å². The van der Waals surface area contributed by atoms with Crippen molar-refractivity contribution < 1.29 is 4.79 Å². The van der Waals surface area contributed by atoms with E-state index < -0.39 is 0 Å². The summed E-state index contributed by atoms with van der Waals surface area (Å²) in [6.45, 7) is 4.14. The molecule has 1 amide bonds. The molecule has 1 aromatic heterocycles. The van der Waals surface area contributed by atoms with E-state index in [1.54, 1.807) is 17.1 Å². The third-order valence-electron chi connectivity index (χ3n) is 4.27. The molecule has 1 aliphatic rings. The van der Waals surface area contributed by atoms with Gasteiger partial charge >= 0.3 is 0 Å². The van der Waals surface area contributed by atoms with Gasteiger partial charge in [-0.05, 0) is 50.9 Å². The second-order valence-corrected chi connectivity index (χ2v) is 5.88. The molecule has 1 fully saturated rings. The van der Waals surface area contributed by atoms with E-state index in [1.165, 1.54) is 6.42 Å². The molecule has 2 unspecified atom stereocenters. The van der Waals surface area contributed by atoms with Gasteiger partial charge in [0.1, 0.15) is 0 Å². The van der Waals surface area contributed by atoms with Crippen molar-refractivity contribution in [3.05, 3.63) is 48.3 Å². The SMILES string of the molecule is CC(NC(=O)c1cnn(-c2ccccc2)c1)C1CCCNC1.Cl. The molecule has 3 rings (SSSR count). The molecule has 1 aromatic carbocycles. The van der Waals surface area contributed by atoms with E-state index >= 15 is 0 Å². The highest BCUT2D eigenvalue weighted by atomic mass is 35.5. The zero-order valence-corrected chi connectivity index (χ0v) is 14.1. The van der Waals surface area contributed by atoms with Crippen molar-refractivity contribution in [2.45, 2.75) is 25.8 Å². The van der Waals surface area contributed by atoms with Gasteiger partial charge in [0, 0.05) is 12.2 Å². The Bertz CT molecular complexity index is 623. The van der Waals surface area contributed by atoms with Crippen molar-refractivity contribution in [1.82, 2.24) is 20.4 Å². The number of rotatable bonds is 4. The van der Waals surface area contributed by atoms with E-state index in [9.17, 15) is 4.79 Å². The van der Waals surface area contributed by atoms with Crippen molar-refractivity contribution in [3.63, 3.8) is 0 Å². The van der Waals surface area contributed by atoms with Crippen LogP contribution in [0.5, 0.6) is 0 Å². The Balaban J connectivity index is 0.00000192. The Morgan fingerprint density at radius 2 is 2.17 bits per heavy atom. The van der Waals surface area contributed by atoms with Crippen molar-refractivity contribution in [2.75, 3.05) is 13.1 Å². The van der Waals surface area contributed by atoms with E-state index in [2.05, 4.69) is 22.7 Å². The molecule has 0 saturated carbocycles. The molecule has 1 aliphatic heterocycles. The number of para-hydroxylation sites is 1. The zero-order valence-electron chi connectivity index (χ0n) is 13.2. The van der Waals surface area contributed by atoms with Crippen LogP contribution in [0.25, 0.3) is 5.69 Å². The number of halogens is 1. The Morgan fingerprint density at radius 1 is 1.39 bits per heavy atom. The fourth-order valence-electron chi connectivity index (χ4n) is 2.88. The molecule has 2 atom stereocenters. The molecule has 23 heavy (non-hydrogen) atoms. The maximum absolute atomic E-state index is 12.4. The summed E-state index contributed by atoms with van der Waals surface area (Å²) in [7, 11) is 0. The molecule has 2 aromatic rings. The van der Waals surface area contributed by atoms with Crippen LogP contribution in [0.3, 0.4) is 0 Å². The highest BCUT2D eigenvalue weighted by Gasteiger charge is 2.22. The smallest absolute Gasteiger partial charge is 0.254 e. The summed E-state index contributed by atoms with van der Waals surface area (Å²) in [5.74, 6) is 0.446. The lowest BCUT2D eigenvalue weighted by atomic mass is 9.93. The summed E-state index contributed by atoms with van der Waals surface area (Å²) in [5.41, 5.74) is 1.55. The quantitative estimate of drug-likeness (QED) is 0.902. The number of amides is 1. The molecule has 0 bridgehead atoms. The molecule has 0 spiro atoms. The molecule has 6 heteroatoms. The Morgan fingerprint density at radius 3 is 2.87 bits per heavy atom. The number of benzene rings is 1. The lowest BCUT2D eigenvalue weighted by Gasteiger charge is -2.28. The first-order valence-corrected chi connectivity index (χ1v) is 7.86. The van der Waals surface area contributed by atoms with Gasteiger partial charge in [-0.25, -0.2) is 4.68 Å². The van der Waals surface area contributed by atoms with Crippen LogP contribution >= 0.6 is 12.4 Å². The van der Waals surface area contributed by atoms with Crippen LogP contribution in [0.1, 0.15) is 30.1 Å². The predicted molar refractivity (Wildman–Crippen MR) is 93.3 cm³/mol. The first-order chi connectivity index (χ1) is 10.7. The third kappa shape index (κ3) is 4.33. The highest BCUT2D eigenvalue weighted by Crippen LogP contribution is 2.15. The van der Waals surface area contributed by atoms with Crippen molar-refractivity contribution in [1.29, 1.82) is 0 Å². The van der Waals surface area contributed by atoms with Gasteiger partial charge in [-0.3, -0.25) is 4.79 Å². The largest absolute Gasteiger partial charge is 0.349 e. The topological polar surface area (TPSA) is 59.0 Å². The number of nitrogens with one attached hydrogen (secondary N) is 2. The van der Waals surface area contributed by atoms with E-state index in [0.29, 0.717) is 11.5 Å². The number of carbonyl (C=O) groups is 1. The molecule has 0 radical (unpaired) electrons. The fraction of sp³-hybridized carbons (Fsp3) is 0.412. The summed E-state index contributed by atoms with van der Waals surface area (Å²) >= 11 is 0. The van der Waals surface area contributed by atoms with Gasteiger partial charge < -0.3 is 10.6 Å². The van der Waals surface area contributed by atoms with E-state index in [0.717, 1.165) is 25.2 Å². The summed E-state index contributed by atoms with van der Waals surface area (Å²) in [5, 5.41) is 10.8. The Hall–Kier alpha value is -1.85.